The molecule has 6 heteroatoms. The van der Waals surface area contributed by atoms with Gasteiger partial charge in [0.15, 0.2) is 0 Å². The van der Waals surface area contributed by atoms with Gasteiger partial charge in [0.1, 0.15) is 11.6 Å². The third-order valence-corrected chi connectivity index (χ3v) is 3.29. The van der Waals surface area contributed by atoms with Crippen molar-refractivity contribution < 1.29 is 8.78 Å². The van der Waals surface area contributed by atoms with Gasteiger partial charge in [-0.25, -0.2) is 13.5 Å². The normalized spacial score (nSPS) is 14.7. The number of halogens is 2. The number of rotatable bonds is 6. The standard InChI is InChI=1S/C14H16F2N4/c15-12-3-11(4-13(16)5-12)8-20-9-14(18-19-20)7-17-6-10-1-2-10/h3-5,9-10,17H,1-2,6-8H2. The number of nitrogens with one attached hydrogen (secondary N) is 1. The zero-order chi connectivity index (χ0) is 13.9. The summed E-state index contributed by atoms with van der Waals surface area (Å²) < 4.78 is 27.8. The van der Waals surface area contributed by atoms with Crippen LogP contribution in [0.1, 0.15) is 24.1 Å². The van der Waals surface area contributed by atoms with E-state index in [2.05, 4.69) is 15.6 Å². The Kier molecular flexibility index (Phi) is 3.73. The van der Waals surface area contributed by atoms with Crippen molar-refractivity contribution in [3.8, 4) is 0 Å². The first kappa shape index (κ1) is 13.2. The quantitative estimate of drug-likeness (QED) is 0.880. The fourth-order valence-electron chi connectivity index (χ4n) is 2.11. The Morgan fingerprint density at radius 3 is 2.65 bits per heavy atom. The van der Waals surface area contributed by atoms with Crippen LogP contribution < -0.4 is 5.32 Å². The Hall–Kier alpha value is -1.82. The van der Waals surface area contributed by atoms with Crippen LogP contribution in [0.4, 0.5) is 8.78 Å². The van der Waals surface area contributed by atoms with Gasteiger partial charge >= 0.3 is 0 Å². The average Bonchev–Trinajstić information content (AvgIpc) is 3.09. The molecule has 1 saturated carbocycles. The van der Waals surface area contributed by atoms with E-state index < -0.39 is 11.6 Å². The van der Waals surface area contributed by atoms with Gasteiger partial charge in [-0.05, 0) is 43.0 Å². The maximum absolute atomic E-state index is 13.1. The van der Waals surface area contributed by atoms with E-state index >= 15 is 0 Å². The number of hydrogen-bond donors (Lipinski definition) is 1. The van der Waals surface area contributed by atoms with Crippen molar-refractivity contribution in [2.45, 2.75) is 25.9 Å². The van der Waals surface area contributed by atoms with E-state index in [4.69, 9.17) is 0 Å². The molecule has 0 atom stereocenters. The Morgan fingerprint density at radius 2 is 1.95 bits per heavy atom. The van der Waals surface area contributed by atoms with Crippen LogP contribution in [0, 0.1) is 17.6 Å². The van der Waals surface area contributed by atoms with Gasteiger partial charge < -0.3 is 5.32 Å². The molecule has 2 aromatic rings. The van der Waals surface area contributed by atoms with E-state index in [1.54, 1.807) is 10.9 Å². The zero-order valence-corrected chi connectivity index (χ0v) is 11.0. The van der Waals surface area contributed by atoms with Crippen molar-refractivity contribution in [1.29, 1.82) is 0 Å². The van der Waals surface area contributed by atoms with Gasteiger partial charge in [-0.15, -0.1) is 5.10 Å². The fraction of sp³-hybridized carbons (Fsp3) is 0.429. The van der Waals surface area contributed by atoms with Crippen LogP contribution in [0.3, 0.4) is 0 Å². The van der Waals surface area contributed by atoms with Crippen LogP contribution in [0.2, 0.25) is 0 Å². The second-order valence-electron chi connectivity index (χ2n) is 5.26. The lowest BCUT2D eigenvalue weighted by atomic mass is 10.2. The maximum Gasteiger partial charge on any atom is 0.126 e. The van der Waals surface area contributed by atoms with E-state index in [0.717, 1.165) is 24.2 Å². The number of nitrogens with zero attached hydrogens (tertiary/aromatic N) is 3. The lowest BCUT2D eigenvalue weighted by molar-refractivity contribution is 0.572. The van der Waals surface area contributed by atoms with Gasteiger partial charge in [-0.2, -0.15) is 0 Å². The second-order valence-corrected chi connectivity index (χ2v) is 5.26. The first-order valence-electron chi connectivity index (χ1n) is 6.74. The highest BCUT2D eigenvalue weighted by Gasteiger charge is 2.20. The molecule has 1 aromatic heterocycles. The summed E-state index contributed by atoms with van der Waals surface area (Å²) in [5, 5.41) is 11.3. The molecule has 1 aliphatic carbocycles. The number of hydrogen-bond acceptors (Lipinski definition) is 3. The van der Waals surface area contributed by atoms with E-state index in [0.29, 0.717) is 18.7 Å². The van der Waals surface area contributed by atoms with Crippen LogP contribution >= 0.6 is 0 Å². The SMILES string of the molecule is Fc1cc(F)cc(Cn2cc(CNCC3CC3)nn2)c1. The summed E-state index contributed by atoms with van der Waals surface area (Å²) in [5.41, 5.74) is 1.37. The van der Waals surface area contributed by atoms with E-state index in [1.165, 1.54) is 25.0 Å². The molecule has 0 saturated heterocycles. The highest BCUT2D eigenvalue weighted by atomic mass is 19.1. The molecule has 3 rings (SSSR count). The monoisotopic (exact) mass is 278 g/mol. The van der Waals surface area contributed by atoms with Crippen molar-refractivity contribution in [2.75, 3.05) is 6.54 Å². The minimum Gasteiger partial charge on any atom is -0.311 e. The van der Waals surface area contributed by atoms with Crippen LogP contribution in [0.15, 0.2) is 24.4 Å². The highest BCUT2D eigenvalue weighted by molar-refractivity contribution is 5.18. The van der Waals surface area contributed by atoms with Gasteiger partial charge in [0.05, 0.1) is 18.4 Å². The summed E-state index contributed by atoms with van der Waals surface area (Å²) >= 11 is 0. The van der Waals surface area contributed by atoms with Gasteiger partial charge in [0.2, 0.25) is 0 Å². The van der Waals surface area contributed by atoms with Crippen molar-refractivity contribution in [3.63, 3.8) is 0 Å². The summed E-state index contributed by atoms with van der Waals surface area (Å²) in [6.45, 7) is 2.00. The molecule has 4 nitrogen and oxygen atoms in total. The third kappa shape index (κ3) is 3.60. The van der Waals surface area contributed by atoms with E-state index in [1.807, 2.05) is 0 Å². The molecule has 1 heterocycles. The average molecular weight is 278 g/mol. The smallest absolute Gasteiger partial charge is 0.126 e. The lowest BCUT2D eigenvalue weighted by Crippen LogP contribution is -2.16. The molecule has 1 N–H and O–H groups in total. The Morgan fingerprint density at radius 1 is 1.20 bits per heavy atom. The van der Waals surface area contributed by atoms with Gasteiger partial charge in [-0.3, -0.25) is 0 Å². The summed E-state index contributed by atoms with van der Waals surface area (Å²) in [6, 6.07) is 3.46. The van der Waals surface area contributed by atoms with Crippen LogP contribution in [0.5, 0.6) is 0 Å². The molecule has 0 radical (unpaired) electrons. The van der Waals surface area contributed by atoms with Crippen molar-refractivity contribution in [1.82, 2.24) is 20.3 Å². The van der Waals surface area contributed by atoms with Crippen molar-refractivity contribution in [2.24, 2.45) is 5.92 Å². The number of aromatic nitrogens is 3. The molecular formula is C14H16F2N4. The van der Waals surface area contributed by atoms with Crippen LogP contribution in [-0.2, 0) is 13.1 Å². The second kappa shape index (κ2) is 5.66. The summed E-state index contributed by atoms with van der Waals surface area (Å²) in [5.74, 6) is -0.335. The van der Waals surface area contributed by atoms with Gasteiger partial charge in [-0.1, -0.05) is 5.21 Å². The summed E-state index contributed by atoms with van der Waals surface area (Å²) in [7, 11) is 0. The Bertz CT molecular complexity index is 572. The first-order valence-corrected chi connectivity index (χ1v) is 6.74. The van der Waals surface area contributed by atoms with Crippen LogP contribution in [0.25, 0.3) is 0 Å². The molecule has 1 aliphatic rings. The molecule has 0 bridgehead atoms. The maximum atomic E-state index is 13.1. The number of benzene rings is 1. The first-order chi connectivity index (χ1) is 9.69. The topological polar surface area (TPSA) is 42.7 Å². The van der Waals surface area contributed by atoms with Crippen LogP contribution in [-0.4, -0.2) is 21.5 Å². The fourth-order valence-corrected chi connectivity index (χ4v) is 2.11. The minimum absolute atomic E-state index is 0.310. The lowest BCUT2D eigenvalue weighted by Gasteiger charge is -2.02. The summed E-state index contributed by atoms with van der Waals surface area (Å²) in [6.07, 6.45) is 4.42. The molecule has 0 unspecified atom stereocenters. The molecule has 106 valence electrons. The largest absolute Gasteiger partial charge is 0.311 e. The van der Waals surface area contributed by atoms with E-state index in [9.17, 15) is 8.78 Å². The summed E-state index contributed by atoms with van der Waals surface area (Å²) in [4.78, 5) is 0. The third-order valence-electron chi connectivity index (χ3n) is 3.29. The molecule has 0 aliphatic heterocycles. The molecule has 20 heavy (non-hydrogen) atoms. The molecule has 1 aromatic carbocycles. The van der Waals surface area contributed by atoms with E-state index in [-0.39, 0.29) is 0 Å². The molecule has 1 fully saturated rings. The predicted octanol–water partition coefficient (Wildman–Crippen LogP) is 2.10. The van der Waals surface area contributed by atoms with Gasteiger partial charge in [0, 0.05) is 12.6 Å². The Balaban J connectivity index is 1.58. The predicted molar refractivity (Wildman–Crippen MR) is 69.9 cm³/mol. The van der Waals surface area contributed by atoms with Crippen molar-refractivity contribution >= 4 is 0 Å². The minimum atomic E-state index is -0.577. The zero-order valence-electron chi connectivity index (χ0n) is 11.0. The molecule has 0 amide bonds. The highest BCUT2D eigenvalue weighted by Crippen LogP contribution is 2.27. The van der Waals surface area contributed by atoms with Crippen molar-refractivity contribution in [3.05, 3.63) is 47.3 Å². The molecule has 0 spiro atoms. The Labute approximate surface area is 115 Å². The van der Waals surface area contributed by atoms with Gasteiger partial charge in [0.25, 0.3) is 0 Å². The molecular weight excluding hydrogens is 262 g/mol.